The summed E-state index contributed by atoms with van der Waals surface area (Å²) in [6.07, 6.45) is 12.0. The lowest BCUT2D eigenvalue weighted by Gasteiger charge is -2.09. The number of benzene rings is 1. The van der Waals surface area contributed by atoms with Gasteiger partial charge in [0, 0.05) is 48.5 Å². The number of sulfonamides is 1. The zero-order valence-corrected chi connectivity index (χ0v) is 18.9. The van der Waals surface area contributed by atoms with Crippen molar-refractivity contribution in [3.05, 3.63) is 89.0 Å². The topological polar surface area (TPSA) is 90.3 Å². The van der Waals surface area contributed by atoms with Crippen molar-refractivity contribution >= 4 is 45.8 Å². The molecule has 1 N–H and O–H groups in total. The molecule has 0 spiro atoms. The first-order valence-electron chi connectivity index (χ1n) is 9.67. The SMILES string of the molecule is COC(=O)/C=C/c1cc(/C=C\c2cccnc2)n(CCNS(=O)(=O)c2ccc(Cl)cc2)c1. The number of halogens is 1. The molecule has 0 saturated heterocycles. The number of carbonyl (C=O) groups is 1. The zero-order valence-electron chi connectivity index (χ0n) is 17.3. The minimum atomic E-state index is -3.66. The maximum atomic E-state index is 12.5. The number of pyridine rings is 1. The van der Waals surface area contributed by atoms with Crippen LogP contribution in [-0.4, -0.2) is 37.6 Å². The van der Waals surface area contributed by atoms with Crippen LogP contribution in [-0.2, 0) is 26.1 Å². The Kier molecular flexibility index (Phi) is 7.99. The second-order valence-electron chi connectivity index (χ2n) is 6.72. The number of nitrogens with zero attached hydrogens (tertiary/aromatic N) is 2. The predicted octanol–water partition coefficient (Wildman–Crippen LogP) is 3.87. The van der Waals surface area contributed by atoms with Gasteiger partial charge in [-0.25, -0.2) is 17.9 Å². The number of aromatic nitrogens is 2. The fraction of sp³-hybridized carbons (Fsp3) is 0.130. The summed E-state index contributed by atoms with van der Waals surface area (Å²) in [5, 5.41) is 0.467. The van der Waals surface area contributed by atoms with Crippen molar-refractivity contribution in [2.45, 2.75) is 11.4 Å². The van der Waals surface area contributed by atoms with Crippen molar-refractivity contribution in [2.75, 3.05) is 13.7 Å². The first-order chi connectivity index (χ1) is 15.4. The Morgan fingerprint density at radius 2 is 1.94 bits per heavy atom. The second-order valence-corrected chi connectivity index (χ2v) is 8.92. The van der Waals surface area contributed by atoms with Crippen LogP contribution < -0.4 is 4.72 Å². The Balaban J connectivity index is 1.76. The number of methoxy groups -OCH3 is 1. The Hall–Kier alpha value is -3.20. The molecule has 0 bridgehead atoms. The minimum Gasteiger partial charge on any atom is -0.466 e. The molecular formula is C23H22ClN3O4S. The van der Waals surface area contributed by atoms with Crippen LogP contribution >= 0.6 is 11.6 Å². The van der Waals surface area contributed by atoms with E-state index in [4.69, 9.17) is 11.6 Å². The summed E-state index contributed by atoms with van der Waals surface area (Å²) in [5.41, 5.74) is 2.54. The van der Waals surface area contributed by atoms with Gasteiger partial charge in [0.25, 0.3) is 0 Å². The highest BCUT2D eigenvalue weighted by Crippen LogP contribution is 2.16. The summed E-state index contributed by atoms with van der Waals surface area (Å²) in [7, 11) is -2.34. The van der Waals surface area contributed by atoms with Crippen LogP contribution in [0.15, 0.2) is 72.0 Å². The summed E-state index contributed by atoms with van der Waals surface area (Å²) in [6.45, 7) is 0.555. The molecule has 166 valence electrons. The van der Waals surface area contributed by atoms with Crippen LogP contribution in [0.5, 0.6) is 0 Å². The van der Waals surface area contributed by atoms with Gasteiger partial charge in [-0.05, 0) is 59.7 Å². The lowest BCUT2D eigenvalue weighted by atomic mass is 10.2. The fourth-order valence-electron chi connectivity index (χ4n) is 2.86. The largest absolute Gasteiger partial charge is 0.466 e. The lowest BCUT2D eigenvalue weighted by molar-refractivity contribution is -0.134. The van der Waals surface area contributed by atoms with Gasteiger partial charge in [-0.1, -0.05) is 23.7 Å². The van der Waals surface area contributed by atoms with Crippen molar-refractivity contribution in [1.82, 2.24) is 14.3 Å². The molecule has 3 rings (SSSR count). The molecule has 0 aliphatic heterocycles. The van der Waals surface area contributed by atoms with E-state index >= 15 is 0 Å². The van der Waals surface area contributed by atoms with E-state index in [2.05, 4.69) is 14.4 Å². The number of carbonyl (C=O) groups excluding carboxylic acids is 1. The Morgan fingerprint density at radius 1 is 1.16 bits per heavy atom. The van der Waals surface area contributed by atoms with Gasteiger partial charge in [-0.3, -0.25) is 4.98 Å². The Bertz CT molecular complexity index is 1220. The normalized spacial score (nSPS) is 11.9. The average Bonchev–Trinajstić information content (AvgIpc) is 3.18. The summed E-state index contributed by atoms with van der Waals surface area (Å²) in [4.78, 5) is 15.6. The average molecular weight is 472 g/mol. The predicted molar refractivity (Wildman–Crippen MR) is 125 cm³/mol. The van der Waals surface area contributed by atoms with Crippen LogP contribution in [0.3, 0.4) is 0 Å². The third-order valence-corrected chi connectivity index (χ3v) is 6.19. The van der Waals surface area contributed by atoms with Crippen LogP contribution in [0, 0.1) is 0 Å². The lowest BCUT2D eigenvalue weighted by Crippen LogP contribution is -2.27. The van der Waals surface area contributed by atoms with E-state index in [0.717, 1.165) is 16.8 Å². The van der Waals surface area contributed by atoms with Crippen molar-refractivity contribution in [1.29, 1.82) is 0 Å². The molecule has 2 aromatic heterocycles. The van der Waals surface area contributed by atoms with Crippen molar-refractivity contribution < 1.29 is 17.9 Å². The fourth-order valence-corrected chi connectivity index (χ4v) is 4.01. The van der Waals surface area contributed by atoms with Gasteiger partial charge in [0.15, 0.2) is 0 Å². The molecule has 0 saturated carbocycles. The van der Waals surface area contributed by atoms with E-state index in [9.17, 15) is 13.2 Å². The maximum absolute atomic E-state index is 12.5. The number of rotatable bonds is 9. The van der Waals surface area contributed by atoms with Crippen molar-refractivity contribution in [3.63, 3.8) is 0 Å². The second kappa shape index (κ2) is 10.9. The first-order valence-corrected chi connectivity index (χ1v) is 11.5. The third kappa shape index (κ3) is 6.65. The molecule has 7 nitrogen and oxygen atoms in total. The standard InChI is InChI=1S/C23H22ClN3O4S/c1-31-23(28)11-5-19-15-21(8-4-18-3-2-12-25-16-18)27(17-19)14-13-26-32(29,30)22-9-6-20(24)7-10-22/h2-12,15-17,26H,13-14H2,1H3/b8-4-,11-5+. The van der Waals surface area contributed by atoms with E-state index in [1.165, 1.54) is 37.5 Å². The molecule has 0 radical (unpaired) electrons. The van der Waals surface area contributed by atoms with E-state index in [1.807, 2.05) is 41.1 Å². The summed E-state index contributed by atoms with van der Waals surface area (Å²) < 4.78 is 34.1. The summed E-state index contributed by atoms with van der Waals surface area (Å²) in [6, 6.07) is 11.6. The summed E-state index contributed by atoms with van der Waals surface area (Å²) >= 11 is 5.83. The molecule has 1 aromatic carbocycles. The highest BCUT2D eigenvalue weighted by Gasteiger charge is 2.13. The molecule has 0 unspecified atom stereocenters. The van der Waals surface area contributed by atoms with Crippen LogP contribution in [0.4, 0.5) is 0 Å². The molecule has 0 amide bonds. The van der Waals surface area contributed by atoms with Gasteiger partial charge >= 0.3 is 5.97 Å². The third-order valence-electron chi connectivity index (χ3n) is 4.46. The van der Waals surface area contributed by atoms with Gasteiger partial charge < -0.3 is 9.30 Å². The molecule has 3 aromatic rings. The van der Waals surface area contributed by atoms with E-state index in [0.29, 0.717) is 11.6 Å². The Morgan fingerprint density at radius 3 is 2.62 bits per heavy atom. The molecule has 0 aliphatic rings. The monoisotopic (exact) mass is 471 g/mol. The molecule has 0 aliphatic carbocycles. The van der Waals surface area contributed by atoms with Gasteiger partial charge in [0.2, 0.25) is 10.0 Å². The number of hydrogen-bond donors (Lipinski definition) is 1. The van der Waals surface area contributed by atoms with Crippen LogP contribution in [0.1, 0.15) is 16.8 Å². The molecule has 0 fully saturated rings. The smallest absolute Gasteiger partial charge is 0.330 e. The van der Waals surface area contributed by atoms with Crippen LogP contribution in [0.2, 0.25) is 5.02 Å². The van der Waals surface area contributed by atoms with Crippen molar-refractivity contribution in [2.24, 2.45) is 0 Å². The van der Waals surface area contributed by atoms with Crippen LogP contribution in [0.25, 0.3) is 18.2 Å². The number of hydrogen-bond acceptors (Lipinski definition) is 5. The molecule has 0 atom stereocenters. The summed E-state index contributed by atoms with van der Waals surface area (Å²) in [5.74, 6) is -0.457. The molecule has 9 heteroatoms. The highest BCUT2D eigenvalue weighted by molar-refractivity contribution is 7.89. The molecule has 32 heavy (non-hydrogen) atoms. The first kappa shape index (κ1) is 23.5. The highest BCUT2D eigenvalue weighted by atomic mass is 35.5. The number of esters is 1. The Labute approximate surface area is 192 Å². The van der Waals surface area contributed by atoms with Gasteiger partial charge in [0.1, 0.15) is 0 Å². The van der Waals surface area contributed by atoms with Crippen molar-refractivity contribution in [3.8, 4) is 0 Å². The molecular weight excluding hydrogens is 450 g/mol. The maximum Gasteiger partial charge on any atom is 0.330 e. The number of ether oxygens (including phenoxy) is 1. The van der Waals surface area contributed by atoms with E-state index < -0.39 is 16.0 Å². The van der Waals surface area contributed by atoms with Gasteiger partial charge in [0.05, 0.1) is 12.0 Å². The quantitative estimate of drug-likeness (QED) is 0.378. The molecule has 2 heterocycles. The zero-order chi connectivity index (χ0) is 23.0. The minimum absolute atomic E-state index is 0.146. The van der Waals surface area contributed by atoms with E-state index in [1.54, 1.807) is 18.5 Å². The van der Waals surface area contributed by atoms with Gasteiger partial charge in [-0.15, -0.1) is 0 Å². The number of nitrogens with one attached hydrogen (secondary N) is 1. The van der Waals surface area contributed by atoms with E-state index in [-0.39, 0.29) is 11.4 Å². The van der Waals surface area contributed by atoms with Gasteiger partial charge in [-0.2, -0.15) is 0 Å².